The molecule has 19 heavy (non-hydrogen) atoms. The molecule has 0 amide bonds. The molecule has 0 aliphatic heterocycles. The quantitative estimate of drug-likeness (QED) is 0.722. The first kappa shape index (κ1) is 16.7. The molecule has 0 aliphatic rings. The van der Waals surface area contributed by atoms with Gasteiger partial charge in [-0.15, -0.1) is 11.3 Å². The number of nitrogens with one attached hydrogen (secondary N) is 1. The van der Waals surface area contributed by atoms with Crippen molar-refractivity contribution in [1.29, 1.82) is 0 Å². The van der Waals surface area contributed by atoms with Crippen molar-refractivity contribution >= 4 is 11.3 Å². The van der Waals surface area contributed by atoms with Crippen LogP contribution >= 0.6 is 11.3 Å². The third-order valence-electron chi connectivity index (χ3n) is 2.96. The van der Waals surface area contributed by atoms with Crippen molar-refractivity contribution in [2.45, 2.75) is 53.0 Å². The molecule has 3 heteroatoms. The van der Waals surface area contributed by atoms with E-state index in [-0.39, 0.29) is 5.41 Å². The number of hydrogen-bond donors (Lipinski definition) is 1. The fraction of sp³-hybridized carbons (Fsp3) is 0.750. The van der Waals surface area contributed by atoms with E-state index in [1.165, 1.54) is 9.75 Å². The molecule has 0 atom stereocenters. The highest BCUT2D eigenvalue weighted by atomic mass is 32.1. The van der Waals surface area contributed by atoms with E-state index in [1.54, 1.807) is 0 Å². The minimum absolute atomic E-state index is 0.267. The zero-order chi connectivity index (χ0) is 14.3. The zero-order valence-corrected chi connectivity index (χ0v) is 13.9. The molecular formula is C16H29NOS. The number of thiophene rings is 1. The SMILES string of the molecule is CC(C)CCOCCNCc1ccc(C(C)(C)C)s1. The lowest BCUT2D eigenvalue weighted by Gasteiger charge is -2.15. The Kier molecular flexibility index (Phi) is 7.05. The lowest BCUT2D eigenvalue weighted by molar-refractivity contribution is 0.125. The van der Waals surface area contributed by atoms with Crippen LogP contribution in [0.4, 0.5) is 0 Å². The Bertz CT molecular complexity index is 352. The average Bonchev–Trinajstić information content (AvgIpc) is 2.75. The summed E-state index contributed by atoms with van der Waals surface area (Å²) >= 11 is 1.91. The zero-order valence-electron chi connectivity index (χ0n) is 13.1. The molecule has 2 nitrogen and oxygen atoms in total. The Morgan fingerprint density at radius 1 is 1.21 bits per heavy atom. The van der Waals surface area contributed by atoms with Crippen LogP contribution in [0.2, 0.25) is 0 Å². The smallest absolute Gasteiger partial charge is 0.0591 e. The van der Waals surface area contributed by atoms with Gasteiger partial charge < -0.3 is 10.1 Å². The largest absolute Gasteiger partial charge is 0.380 e. The van der Waals surface area contributed by atoms with Gasteiger partial charge in [0, 0.05) is 29.5 Å². The molecule has 110 valence electrons. The van der Waals surface area contributed by atoms with Crippen LogP contribution in [0.5, 0.6) is 0 Å². The Morgan fingerprint density at radius 2 is 1.95 bits per heavy atom. The molecule has 1 heterocycles. The standard InChI is InChI=1S/C16H29NOS/c1-13(2)8-10-18-11-9-17-12-14-6-7-15(19-14)16(3,4)5/h6-7,13,17H,8-12H2,1-5H3. The van der Waals surface area contributed by atoms with Crippen LogP contribution in [0.15, 0.2) is 12.1 Å². The van der Waals surface area contributed by atoms with E-state index in [0.717, 1.165) is 38.6 Å². The molecule has 0 saturated carbocycles. The van der Waals surface area contributed by atoms with Gasteiger partial charge in [0.2, 0.25) is 0 Å². The topological polar surface area (TPSA) is 21.3 Å². The van der Waals surface area contributed by atoms with Gasteiger partial charge in [0.1, 0.15) is 0 Å². The van der Waals surface area contributed by atoms with Crippen molar-refractivity contribution < 1.29 is 4.74 Å². The molecule has 1 N–H and O–H groups in total. The Morgan fingerprint density at radius 3 is 2.53 bits per heavy atom. The van der Waals surface area contributed by atoms with Crippen molar-refractivity contribution in [2.24, 2.45) is 5.92 Å². The summed E-state index contributed by atoms with van der Waals surface area (Å²) in [6.45, 7) is 14.8. The summed E-state index contributed by atoms with van der Waals surface area (Å²) in [6.07, 6.45) is 1.15. The van der Waals surface area contributed by atoms with Gasteiger partial charge in [0.25, 0.3) is 0 Å². The first-order valence-corrected chi connectivity index (χ1v) is 8.09. The summed E-state index contributed by atoms with van der Waals surface area (Å²) in [5, 5.41) is 3.44. The summed E-state index contributed by atoms with van der Waals surface area (Å²) < 4.78 is 5.58. The van der Waals surface area contributed by atoms with E-state index in [2.05, 4.69) is 52.1 Å². The predicted octanol–water partition coefficient (Wildman–Crippen LogP) is 4.20. The van der Waals surface area contributed by atoms with Crippen LogP contribution in [-0.2, 0) is 16.7 Å². The van der Waals surface area contributed by atoms with E-state index >= 15 is 0 Å². The molecule has 0 aromatic carbocycles. The van der Waals surface area contributed by atoms with E-state index in [0.29, 0.717) is 0 Å². The van der Waals surface area contributed by atoms with Crippen LogP contribution in [0.3, 0.4) is 0 Å². The summed E-state index contributed by atoms with van der Waals surface area (Å²) in [6, 6.07) is 4.48. The highest BCUT2D eigenvalue weighted by Crippen LogP contribution is 2.29. The molecule has 0 saturated heterocycles. The normalized spacial score (nSPS) is 12.3. The Hall–Kier alpha value is -0.380. The Balaban J connectivity index is 2.11. The van der Waals surface area contributed by atoms with Gasteiger partial charge in [-0.2, -0.15) is 0 Å². The first-order valence-electron chi connectivity index (χ1n) is 7.27. The summed E-state index contributed by atoms with van der Waals surface area (Å²) in [5.41, 5.74) is 0.267. The maximum atomic E-state index is 5.58. The highest BCUT2D eigenvalue weighted by molar-refractivity contribution is 7.12. The molecule has 0 bridgehead atoms. The second-order valence-corrected chi connectivity index (χ2v) is 7.66. The molecule has 1 rings (SSSR count). The van der Waals surface area contributed by atoms with Crippen molar-refractivity contribution in [1.82, 2.24) is 5.32 Å². The molecule has 0 fully saturated rings. The van der Waals surface area contributed by atoms with Crippen LogP contribution in [-0.4, -0.2) is 19.8 Å². The third kappa shape index (κ3) is 7.09. The van der Waals surface area contributed by atoms with Crippen LogP contribution in [0.1, 0.15) is 50.8 Å². The molecular weight excluding hydrogens is 254 g/mol. The Labute approximate surface area is 122 Å². The van der Waals surface area contributed by atoms with Gasteiger partial charge >= 0.3 is 0 Å². The number of rotatable bonds is 8. The molecule has 1 aromatic rings. The summed E-state index contributed by atoms with van der Waals surface area (Å²) in [4.78, 5) is 2.87. The fourth-order valence-corrected chi connectivity index (χ4v) is 2.69. The molecule has 0 spiro atoms. The fourth-order valence-electron chi connectivity index (χ4n) is 1.65. The number of hydrogen-bond acceptors (Lipinski definition) is 3. The molecule has 0 radical (unpaired) electrons. The second-order valence-electron chi connectivity index (χ2n) is 6.49. The van der Waals surface area contributed by atoms with Crippen molar-refractivity contribution in [3.8, 4) is 0 Å². The van der Waals surface area contributed by atoms with Gasteiger partial charge in [-0.25, -0.2) is 0 Å². The van der Waals surface area contributed by atoms with Gasteiger partial charge in [-0.3, -0.25) is 0 Å². The van der Waals surface area contributed by atoms with Crippen LogP contribution in [0, 0.1) is 5.92 Å². The van der Waals surface area contributed by atoms with Crippen molar-refractivity contribution in [3.05, 3.63) is 21.9 Å². The maximum absolute atomic E-state index is 5.58. The molecule has 0 aliphatic carbocycles. The second kappa shape index (κ2) is 8.03. The third-order valence-corrected chi connectivity index (χ3v) is 4.47. The molecule has 0 unspecified atom stereocenters. The van der Waals surface area contributed by atoms with E-state index in [1.807, 2.05) is 11.3 Å². The van der Waals surface area contributed by atoms with Gasteiger partial charge in [-0.1, -0.05) is 34.6 Å². The average molecular weight is 283 g/mol. The monoisotopic (exact) mass is 283 g/mol. The van der Waals surface area contributed by atoms with Gasteiger partial charge in [0.15, 0.2) is 0 Å². The predicted molar refractivity (Wildman–Crippen MR) is 85.0 cm³/mol. The highest BCUT2D eigenvalue weighted by Gasteiger charge is 2.15. The van der Waals surface area contributed by atoms with Gasteiger partial charge in [-0.05, 0) is 29.9 Å². The van der Waals surface area contributed by atoms with E-state index in [4.69, 9.17) is 4.74 Å². The number of ether oxygens (including phenoxy) is 1. The van der Waals surface area contributed by atoms with Crippen molar-refractivity contribution in [2.75, 3.05) is 19.8 Å². The summed E-state index contributed by atoms with van der Waals surface area (Å²) in [5.74, 6) is 0.731. The van der Waals surface area contributed by atoms with E-state index < -0.39 is 0 Å². The lowest BCUT2D eigenvalue weighted by Crippen LogP contribution is -2.19. The first-order chi connectivity index (χ1) is 8.89. The maximum Gasteiger partial charge on any atom is 0.0591 e. The minimum Gasteiger partial charge on any atom is -0.380 e. The van der Waals surface area contributed by atoms with E-state index in [9.17, 15) is 0 Å². The van der Waals surface area contributed by atoms with Crippen LogP contribution < -0.4 is 5.32 Å². The summed E-state index contributed by atoms with van der Waals surface area (Å²) in [7, 11) is 0. The van der Waals surface area contributed by atoms with Gasteiger partial charge in [0.05, 0.1) is 6.61 Å². The van der Waals surface area contributed by atoms with Crippen LogP contribution in [0.25, 0.3) is 0 Å². The molecule has 1 aromatic heterocycles. The van der Waals surface area contributed by atoms with Crippen molar-refractivity contribution in [3.63, 3.8) is 0 Å². The minimum atomic E-state index is 0.267. The lowest BCUT2D eigenvalue weighted by atomic mass is 9.95.